The predicted octanol–water partition coefficient (Wildman–Crippen LogP) is 3.34. The van der Waals surface area contributed by atoms with Gasteiger partial charge in [0.2, 0.25) is 0 Å². The molecule has 0 atom stereocenters. The summed E-state index contributed by atoms with van der Waals surface area (Å²) in [6.07, 6.45) is 3.87. The van der Waals surface area contributed by atoms with Crippen LogP contribution in [0.2, 0.25) is 0 Å². The van der Waals surface area contributed by atoms with Crippen LogP contribution in [0.3, 0.4) is 0 Å². The monoisotopic (exact) mass is 267 g/mol. The Bertz CT molecular complexity index is 403. The van der Waals surface area contributed by atoms with E-state index in [1.807, 2.05) is 24.5 Å². The Kier molecular flexibility index (Phi) is 6.05. The maximum atomic E-state index is 12.2. The molecule has 1 aromatic rings. The molecular formula is C14H21NO2S. The van der Waals surface area contributed by atoms with Crippen LogP contribution in [0.4, 0.5) is 0 Å². The molecule has 0 bridgehead atoms. The summed E-state index contributed by atoms with van der Waals surface area (Å²) in [4.78, 5) is 13.2. The van der Waals surface area contributed by atoms with Crippen molar-refractivity contribution in [1.29, 1.82) is 0 Å². The van der Waals surface area contributed by atoms with Crippen molar-refractivity contribution in [3.8, 4) is 5.75 Å². The zero-order valence-electron chi connectivity index (χ0n) is 11.4. The Morgan fingerprint density at radius 3 is 2.56 bits per heavy atom. The average molecular weight is 267 g/mol. The molecule has 0 aliphatic rings. The lowest BCUT2D eigenvalue weighted by atomic mass is 10.1. The summed E-state index contributed by atoms with van der Waals surface area (Å²) >= 11 is 1.63. The molecule has 18 heavy (non-hydrogen) atoms. The summed E-state index contributed by atoms with van der Waals surface area (Å²) in [5.41, 5.74) is 0.599. The smallest absolute Gasteiger partial charge is 0.255 e. The lowest BCUT2D eigenvalue weighted by molar-refractivity contribution is 0.0931. The van der Waals surface area contributed by atoms with Crippen molar-refractivity contribution in [2.45, 2.75) is 37.6 Å². The van der Waals surface area contributed by atoms with E-state index in [1.54, 1.807) is 18.9 Å². The Balaban J connectivity index is 2.91. The van der Waals surface area contributed by atoms with Gasteiger partial charge in [-0.2, -0.15) is 0 Å². The van der Waals surface area contributed by atoms with Crippen molar-refractivity contribution in [1.82, 2.24) is 5.32 Å². The van der Waals surface area contributed by atoms with Gasteiger partial charge in [0.1, 0.15) is 5.75 Å². The molecule has 0 aromatic heterocycles. The minimum absolute atomic E-state index is 0.0618. The fourth-order valence-corrected chi connectivity index (χ4v) is 2.17. The van der Waals surface area contributed by atoms with E-state index in [1.165, 1.54) is 0 Å². The molecule has 0 spiro atoms. The number of carbonyl (C=O) groups is 1. The van der Waals surface area contributed by atoms with Crippen LogP contribution in [-0.2, 0) is 0 Å². The SMILES string of the molecule is CCC(CC)NC(=O)c1ccc(SC)cc1OC. The Morgan fingerprint density at radius 1 is 1.39 bits per heavy atom. The average Bonchev–Trinajstić information content (AvgIpc) is 2.43. The summed E-state index contributed by atoms with van der Waals surface area (Å²) < 4.78 is 5.28. The molecule has 1 rings (SSSR count). The molecular weight excluding hydrogens is 246 g/mol. The lowest BCUT2D eigenvalue weighted by Crippen LogP contribution is -2.34. The molecule has 1 N–H and O–H groups in total. The van der Waals surface area contributed by atoms with Crippen molar-refractivity contribution < 1.29 is 9.53 Å². The topological polar surface area (TPSA) is 38.3 Å². The van der Waals surface area contributed by atoms with Crippen LogP contribution in [-0.4, -0.2) is 25.3 Å². The highest BCUT2D eigenvalue weighted by Crippen LogP contribution is 2.25. The predicted molar refractivity (Wildman–Crippen MR) is 76.6 cm³/mol. The first kappa shape index (κ1) is 14.9. The van der Waals surface area contributed by atoms with Crippen LogP contribution in [0.5, 0.6) is 5.75 Å². The van der Waals surface area contributed by atoms with Crippen molar-refractivity contribution in [2.75, 3.05) is 13.4 Å². The van der Waals surface area contributed by atoms with Crippen LogP contribution in [0.25, 0.3) is 0 Å². The van der Waals surface area contributed by atoms with E-state index in [4.69, 9.17) is 4.74 Å². The lowest BCUT2D eigenvalue weighted by Gasteiger charge is -2.16. The first-order valence-corrected chi connectivity index (χ1v) is 7.41. The number of ether oxygens (including phenoxy) is 1. The summed E-state index contributed by atoms with van der Waals surface area (Å²) in [7, 11) is 1.59. The number of hydrogen-bond acceptors (Lipinski definition) is 3. The third kappa shape index (κ3) is 3.67. The molecule has 0 saturated carbocycles. The molecule has 0 fully saturated rings. The summed E-state index contributed by atoms with van der Waals surface area (Å²) in [5.74, 6) is 0.568. The summed E-state index contributed by atoms with van der Waals surface area (Å²) in [6.45, 7) is 4.14. The van der Waals surface area contributed by atoms with E-state index in [0.29, 0.717) is 11.3 Å². The van der Waals surface area contributed by atoms with E-state index < -0.39 is 0 Å². The molecule has 0 heterocycles. The molecule has 0 aliphatic carbocycles. The van der Waals surface area contributed by atoms with Crippen molar-refractivity contribution in [3.05, 3.63) is 23.8 Å². The van der Waals surface area contributed by atoms with E-state index in [0.717, 1.165) is 17.7 Å². The Morgan fingerprint density at radius 2 is 2.06 bits per heavy atom. The number of carbonyl (C=O) groups excluding carboxylic acids is 1. The fraction of sp³-hybridized carbons (Fsp3) is 0.500. The molecule has 3 nitrogen and oxygen atoms in total. The normalized spacial score (nSPS) is 10.5. The molecule has 1 aromatic carbocycles. The van der Waals surface area contributed by atoms with E-state index in [9.17, 15) is 4.79 Å². The number of rotatable bonds is 6. The third-order valence-corrected chi connectivity index (χ3v) is 3.70. The minimum atomic E-state index is -0.0618. The second-order valence-corrected chi connectivity index (χ2v) is 4.93. The number of benzene rings is 1. The fourth-order valence-electron chi connectivity index (χ4n) is 1.74. The molecule has 0 radical (unpaired) electrons. The second kappa shape index (κ2) is 7.31. The van der Waals surface area contributed by atoms with Gasteiger partial charge in [0, 0.05) is 10.9 Å². The van der Waals surface area contributed by atoms with Gasteiger partial charge in [-0.25, -0.2) is 0 Å². The Labute approximate surface area is 113 Å². The molecule has 1 amide bonds. The molecule has 0 aliphatic heterocycles. The number of thioether (sulfide) groups is 1. The quantitative estimate of drug-likeness (QED) is 0.803. The highest BCUT2D eigenvalue weighted by molar-refractivity contribution is 7.98. The van der Waals surface area contributed by atoms with Gasteiger partial charge in [0.05, 0.1) is 12.7 Å². The van der Waals surface area contributed by atoms with Gasteiger partial charge in [0.15, 0.2) is 0 Å². The van der Waals surface area contributed by atoms with Crippen LogP contribution < -0.4 is 10.1 Å². The molecule has 100 valence electrons. The highest BCUT2D eigenvalue weighted by atomic mass is 32.2. The van der Waals surface area contributed by atoms with Crippen LogP contribution >= 0.6 is 11.8 Å². The largest absolute Gasteiger partial charge is 0.496 e. The van der Waals surface area contributed by atoms with Crippen LogP contribution in [0.15, 0.2) is 23.1 Å². The van der Waals surface area contributed by atoms with Gasteiger partial charge >= 0.3 is 0 Å². The van der Waals surface area contributed by atoms with Gasteiger partial charge < -0.3 is 10.1 Å². The molecule has 0 unspecified atom stereocenters. The minimum Gasteiger partial charge on any atom is -0.496 e. The van der Waals surface area contributed by atoms with Crippen molar-refractivity contribution in [3.63, 3.8) is 0 Å². The van der Waals surface area contributed by atoms with E-state index in [2.05, 4.69) is 19.2 Å². The zero-order chi connectivity index (χ0) is 13.5. The van der Waals surface area contributed by atoms with E-state index in [-0.39, 0.29) is 11.9 Å². The molecule has 4 heteroatoms. The van der Waals surface area contributed by atoms with Crippen molar-refractivity contribution >= 4 is 17.7 Å². The van der Waals surface area contributed by atoms with Gasteiger partial charge in [-0.3, -0.25) is 4.79 Å². The van der Waals surface area contributed by atoms with E-state index >= 15 is 0 Å². The summed E-state index contributed by atoms with van der Waals surface area (Å²) in [6, 6.07) is 5.88. The third-order valence-electron chi connectivity index (χ3n) is 2.97. The molecule has 0 saturated heterocycles. The number of methoxy groups -OCH3 is 1. The van der Waals surface area contributed by atoms with Gasteiger partial charge in [0.25, 0.3) is 5.91 Å². The number of nitrogens with one attached hydrogen (secondary N) is 1. The van der Waals surface area contributed by atoms with Crippen LogP contribution in [0.1, 0.15) is 37.0 Å². The highest BCUT2D eigenvalue weighted by Gasteiger charge is 2.15. The standard InChI is InChI=1S/C14H21NO2S/c1-5-10(6-2)15-14(16)12-8-7-11(18-4)9-13(12)17-3/h7-10H,5-6H2,1-4H3,(H,15,16). The van der Waals surface area contributed by atoms with Gasteiger partial charge in [-0.1, -0.05) is 13.8 Å². The van der Waals surface area contributed by atoms with Crippen LogP contribution in [0, 0.1) is 0 Å². The van der Waals surface area contributed by atoms with Gasteiger partial charge in [-0.15, -0.1) is 11.8 Å². The van der Waals surface area contributed by atoms with Gasteiger partial charge in [-0.05, 0) is 37.3 Å². The first-order chi connectivity index (χ1) is 8.65. The maximum absolute atomic E-state index is 12.2. The zero-order valence-corrected chi connectivity index (χ0v) is 12.3. The van der Waals surface area contributed by atoms with Crippen molar-refractivity contribution in [2.24, 2.45) is 0 Å². The first-order valence-electron chi connectivity index (χ1n) is 6.19. The maximum Gasteiger partial charge on any atom is 0.255 e. The number of hydrogen-bond donors (Lipinski definition) is 1. The second-order valence-electron chi connectivity index (χ2n) is 4.05. The number of amides is 1. The summed E-state index contributed by atoms with van der Waals surface area (Å²) in [5, 5.41) is 3.02. The Hall–Kier alpha value is -1.16.